The van der Waals surface area contributed by atoms with Gasteiger partial charge in [-0.3, -0.25) is 4.79 Å². The van der Waals surface area contributed by atoms with Gasteiger partial charge in [-0.2, -0.15) is 0 Å². The van der Waals surface area contributed by atoms with E-state index >= 15 is 0 Å². The SMILES string of the molecule is Cc1nc(-c2ccc(CNC(=O)[C@@H]3Cc4cc(Cl)ccc4O3)o2)cs1. The second-order valence-electron chi connectivity index (χ2n) is 5.80. The minimum Gasteiger partial charge on any atom is -0.480 e. The Morgan fingerprint density at radius 1 is 1.40 bits per heavy atom. The number of benzene rings is 1. The molecule has 4 rings (SSSR count). The number of nitrogens with zero attached hydrogens (tertiary/aromatic N) is 1. The number of carbonyl (C=O) groups is 1. The van der Waals surface area contributed by atoms with E-state index in [0.29, 0.717) is 35.3 Å². The molecule has 5 nitrogen and oxygen atoms in total. The predicted molar refractivity (Wildman–Crippen MR) is 96.0 cm³/mol. The highest BCUT2D eigenvalue weighted by atomic mass is 35.5. The molecule has 0 unspecified atom stereocenters. The number of thiazole rings is 1. The monoisotopic (exact) mass is 374 g/mol. The number of carbonyl (C=O) groups excluding carboxylic acids is 1. The molecule has 7 heteroatoms. The zero-order chi connectivity index (χ0) is 17.4. The summed E-state index contributed by atoms with van der Waals surface area (Å²) in [6.07, 6.45) is -0.0208. The molecular weight excluding hydrogens is 360 g/mol. The van der Waals surface area contributed by atoms with Gasteiger partial charge in [-0.15, -0.1) is 11.3 Å². The number of fused-ring (bicyclic) bond motifs is 1. The third-order valence-electron chi connectivity index (χ3n) is 3.96. The molecule has 0 aliphatic carbocycles. The lowest BCUT2D eigenvalue weighted by molar-refractivity contribution is -0.127. The normalized spacial score (nSPS) is 15.7. The summed E-state index contributed by atoms with van der Waals surface area (Å²) in [5.41, 5.74) is 1.76. The van der Waals surface area contributed by atoms with E-state index in [9.17, 15) is 4.79 Å². The van der Waals surface area contributed by atoms with Crippen LogP contribution in [0.1, 0.15) is 16.3 Å². The van der Waals surface area contributed by atoms with E-state index in [1.807, 2.05) is 30.5 Å². The van der Waals surface area contributed by atoms with E-state index in [-0.39, 0.29) is 5.91 Å². The molecule has 1 aliphatic heterocycles. The lowest BCUT2D eigenvalue weighted by Gasteiger charge is -2.10. The number of nitrogens with one attached hydrogen (secondary N) is 1. The molecule has 0 fully saturated rings. The smallest absolute Gasteiger partial charge is 0.261 e. The molecule has 25 heavy (non-hydrogen) atoms. The third-order valence-corrected chi connectivity index (χ3v) is 4.97. The maximum absolute atomic E-state index is 12.3. The molecule has 3 heterocycles. The van der Waals surface area contributed by atoms with Crippen LogP contribution in [0.2, 0.25) is 5.02 Å². The fourth-order valence-electron chi connectivity index (χ4n) is 2.74. The molecule has 128 valence electrons. The molecule has 1 atom stereocenters. The van der Waals surface area contributed by atoms with Crippen molar-refractivity contribution in [1.29, 1.82) is 0 Å². The van der Waals surface area contributed by atoms with Gasteiger partial charge in [-0.1, -0.05) is 11.6 Å². The number of aryl methyl sites for hydroxylation is 1. The van der Waals surface area contributed by atoms with Crippen LogP contribution in [0.15, 0.2) is 40.1 Å². The summed E-state index contributed by atoms with van der Waals surface area (Å²) in [6, 6.07) is 9.08. The fourth-order valence-corrected chi connectivity index (χ4v) is 3.54. The molecule has 1 amide bonds. The first kappa shape index (κ1) is 16.2. The highest BCUT2D eigenvalue weighted by molar-refractivity contribution is 7.09. The number of hydrogen-bond donors (Lipinski definition) is 1. The van der Waals surface area contributed by atoms with Gasteiger partial charge in [-0.25, -0.2) is 4.98 Å². The Labute approximate surface area is 153 Å². The second-order valence-corrected chi connectivity index (χ2v) is 7.30. The summed E-state index contributed by atoms with van der Waals surface area (Å²) in [7, 11) is 0. The van der Waals surface area contributed by atoms with Gasteiger partial charge in [0.05, 0.1) is 11.6 Å². The molecule has 1 aliphatic rings. The number of aromatic nitrogens is 1. The number of hydrogen-bond acceptors (Lipinski definition) is 5. The van der Waals surface area contributed by atoms with Crippen LogP contribution < -0.4 is 10.1 Å². The number of rotatable bonds is 4. The molecule has 1 N–H and O–H groups in total. The van der Waals surface area contributed by atoms with E-state index in [2.05, 4.69) is 10.3 Å². The maximum atomic E-state index is 12.3. The fraction of sp³-hybridized carbons (Fsp3) is 0.222. The molecule has 3 aromatic rings. The first-order valence-corrected chi connectivity index (χ1v) is 9.08. The van der Waals surface area contributed by atoms with Gasteiger partial charge in [0.15, 0.2) is 11.9 Å². The average molecular weight is 375 g/mol. The summed E-state index contributed by atoms with van der Waals surface area (Å²) in [4.78, 5) is 16.7. The predicted octanol–water partition coefficient (Wildman–Crippen LogP) is 3.98. The summed E-state index contributed by atoms with van der Waals surface area (Å²) in [5.74, 6) is 1.92. The van der Waals surface area contributed by atoms with Crippen molar-refractivity contribution in [3.8, 4) is 17.2 Å². The minimum absolute atomic E-state index is 0.172. The van der Waals surface area contributed by atoms with Crippen LogP contribution >= 0.6 is 22.9 Å². The summed E-state index contributed by atoms with van der Waals surface area (Å²) >= 11 is 7.55. The van der Waals surface area contributed by atoms with Crippen LogP contribution in [0.4, 0.5) is 0 Å². The Morgan fingerprint density at radius 3 is 3.08 bits per heavy atom. The van der Waals surface area contributed by atoms with Crippen molar-refractivity contribution in [3.63, 3.8) is 0 Å². The largest absolute Gasteiger partial charge is 0.480 e. The van der Waals surface area contributed by atoms with Crippen molar-refractivity contribution in [2.24, 2.45) is 0 Å². The molecule has 0 spiro atoms. The zero-order valence-corrected chi connectivity index (χ0v) is 15.0. The van der Waals surface area contributed by atoms with Crippen molar-refractivity contribution >= 4 is 28.8 Å². The Balaban J connectivity index is 1.36. The van der Waals surface area contributed by atoms with E-state index in [0.717, 1.165) is 16.3 Å². The highest BCUT2D eigenvalue weighted by Gasteiger charge is 2.29. The van der Waals surface area contributed by atoms with Crippen LogP contribution in [-0.4, -0.2) is 17.0 Å². The summed E-state index contributed by atoms with van der Waals surface area (Å²) < 4.78 is 11.4. The van der Waals surface area contributed by atoms with Gasteiger partial charge in [0, 0.05) is 16.8 Å². The van der Waals surface area contributed by atoms with E-state index in [4.69, 9.17) is 20.8 Å². The molecule has 0 saturated heterocycles. The maximum Gasteiger partial charge on any atom is 0.261 e. The van der Waals surface area contributed by atoms with Gasteiger partial charge < -0.3 is 14.5 Å². The molecular formula is C18H15ClN2O3S. The van der Waals surface area contributed by atoms with Crippen molar-refractivity contribution in [2.45, 2.75) is 26.0 Å². The number of amides is 1. The number of halogens is 1. The van der Waals surface area contributed by atoms with Crippen LogP contribution in [-0.2, 0) is 17.8 Å². The van der Waals surface area contributed by atoms with Crippen LogP contribution in [0.5, 0.6) is 5.75 Å². The molecule has 0 radical (unpaired) electrons. The molecule has 2 aromatic heterocycles. The second kappa shape index (κ2) is 6.54. The van der Waals surface area contributed by atoms with Gasteiger partial charge in [0.1, 0.15) is 17.2 Å². The van der Waals surface area contributed by atoms with Crippen LogP contribution in [0.3, 0.4) is 0 Å². The van der Waals surface area contributed by atoms with Crippen molar-refractivity contribution in [1.82, 2.24) is 10.3 Å². The molecule has 0 bridgehead atoms. The number of furan rings is 1. The zero-order valence-electron chi connectivity index (χ0n) is 13.4. The molecule has 0 saturated carbocycles. The Kier molecular flexibility index (Phi) is 4.23. The molecule has 1 aromatic carbocycles. The summed E-state index contributed by atoms with van der Waals surface area (Å²) in [5, 5.41) is 6.43. The minimum atomic E-state index is -0.538. The van der Waals surface area contributed by atoms with Crippen molar-refractivity contribution in [3.05, 3.63) is 57.1 Å². The Hall–Kier alpha value is -2.31. The van der Waals surface area contributed by atoms with E-state index in [1.165, 1.54) is 0 Å². The van der Waals surface area contributed by atoms with Crippen LogP contribution in [0.25, 0.3) is 11.5 Å². The summed E-state index contributed by atoms with van der Waals surface area (Å²) in [6.45, 7) is 2.25. The first-order chi connectivity index (χ1) is 12.1. The van der Waals surface area contributed by atoms with E-state index in [1.54, 1.807) is 23.5 Å². The first-order valence-electron chi connectivity index (χ1n) is 7.82. The van der Waals surface area contributed by atoms with Crippen molar-refractivity contribution < 1.29 is 13.9 Å². The van der Waals surface area contributed by atoms with Gasteiger partial charge in [-0.05, 0) is 42.8 Å². The van der Waals surface area contributed by atoms with Crippen LogP contribution in [0, 0.1) is 6.92 Å². The van der Waals surface area contributed by atoms with E-state index < -0.39 is 6.10 Å². The third kappa shape index (κ3) is 3.41. The average Bonchev–Trinajstić information content (AvgIpc) is 3.30. The van der Waals surface area contributed by atoms with Gasteiger partial charge >= 0.3 is 0 Å². The Morgan fingerprint density at radius 2 is 2.28 bits per heavy atom. The lowest BCUT2D eigenvalue weighted by Crippen LogP contribution is -2.36. The lowest BCUT2D eigenvalue weighted by atomic mass is 10.1. The van der Waals surface area contributed by atoms with Gasteiger partial charge in [0.2, 0.25) is 0 Å². The van der Waals surface area contributed by atoms with Gasteiger partial charge in [0.25, 0.3) is 5.91 Å². The number of ether oxygens (including phenoxy) is 1. The standard InChI is InChI=1S/C18H15ClN2O3S/c1-10-21-14(9-25-10)16-5-3-13(23-16)8-20-18(22)17-7-11-6-12(19)2-4-15(11)24-17/h2-6,9,17H,7-8H2,1H3,(H,20,22)/t17-/m0/s1. The quantitative estimate of drug-likeness (QED) is 0.750. The highest BCUT2D eigenvalue weighted by Crippen LogP contribution is 2.31. The Bertz CT molecular complexity index is 934. The van der Waals surface area contributed by atoms with Crippen molar-refractivity contribution in [2.75, 3.05) is 0 Å². The topological polar surface area (TPSA) is 64.4 Å².